The number of methoxy groups -OCH3 is 3. The molecular weight excluding hydrogens is 464 g/mol. The lowest BCUT2D eigenvalue weighted by molar-refractivity contribution is -0.277. The lowest BCUT2D eigenvalue weighted by atomic mass is 9.99. The van der Waals surface area contributed by atoms with Crippen molar-refractivity contribution in [2.24, 2.45) is 0 Å². The molecule has 4 rings (SSSR count). The molecule has 1 aromatic heterocycles. The monoisotopic (exact) mass is 490 g/mol. The first-order chi connectivity index (χ1) is 16.8. The summed E-state index contributed by atoms with van der Waals surface area (Å²) in [5, 5.41) is 39.9. The molecule has 0 saturated carbocycles. The molecule has 1 aliphatic rings. The summed E-state index contributed by atoms with van der Waals surface area (Å²) in [6, 6.07) is 9.22. The molecule has 3 aromatic rings. The van der Waals surface area contributed by atoms with Gasteiger partial charge in [-0.15, -0.1) is 0 Å². The van der Waals surface area contributed by atoms with E-state index in [9.17, 15) is 25.2 Å². The van der Waals surface area contributed by atoms with Crippen LogP contribution in [0.25, 0.3) is 22.3 Å². The summed E-state index contributed by atoms with van der Waals surface area (Å²) in [6.45, 7) is -0.625. The highest BCUT2D eigenvalue weighted by atomic mass is 16.7. The largest absolute Gasteiger partial charge is 0.496 e. The van der Waals surface area contributed by atoms with Gasteiger partial charge < -0.3 is 48.5 Å². The van der Waals surface area contributed by atoms with Crippen molar-refractivity contribution >= 4 is 11.0 Å². The highest BCUT2D eigenvalue weighted by Gasteiger charge is 2.45. The smallest absolute Gasteiger partial charge is 0.229 e. The molecule has 5 atom stereocenters. The third-order valence-corrected chi connectivity index (χ3v) is 5.76. The van der Waals surface area contributed by atoms with Gasteiger partial charge in [0.15, 0.2) is 16.9 Å². The summed E-state index contributed by atoms with van der Waals surface area (Å²) in [6.07, 6.45) is -7.52. The van der Waals surface area contributed by atoms with Gasteiger partial charge >= 0.3 is 0 Å². The van der Waals surface area contributed by atoms with E-state index >= 15 is 0 Å². The Morgan fingerprint density at radius 2 is 1.60 bits per heavy atom. The summed E-state index contributed by atoms with van der Waals surface area (Å²) >= 11 is 0. The van der Waals surface area contributed by atoms with Crippen LogP contribution < -0.4 is 24.4 Å². The molecule has 0 unspecified atom stereocenters. The number of hydrogen-bond acceptors (Lipinski definition) is 11. The third-order valence-electron chi connectivity index (χ3n) is 5.76. The normalized spacial score (nSPS) is 24.3. The Kier molecular flexibility index (Phi) is 7.15. The van der Waals surface area contributed by atoms with Crippen LogP contribution in [0.15, 0.2) is 45.6 Å². The van der Waals surface area contributed by atoms with Crippen LogP contribution in [0.4, 0.5) is 0 Å². The maximum absolute atomic E-state index is 13.2. The van der Waals surface area contributed by atoms with Crippen LogP contribution in [0.2, 0.25) is 0 Å². The molecular formula is C24H26O11. The average Bonchev–Trinajstić information content (AvgIpc) is 2.87. The van der Waals surface area contributed by atoms with Gasteiger partial charge in [-0.1, -0.05) is 0 Å². The number of benzene rings is 2. The van der Waals surface area contributed by atoms with Gasteiger partial charge in [0.2, 0.25) is 6.29 Å². The third kappa shape index (κ3) is 4.64. The molecule has 0 amide bonds. The van der Waals surface area contributed by atoms with Crippen LogP contribution >= 0.6 is 0 Å². The highest BCUT2D eigenvalue weighted by Crippen LogP contribution is 2.36. The first-order valence-electron chi connectivity index (χ1n) is 10.7. The van der Waals surface area contributed by atoms with Crippen molar-refractivity contribution in [2.75, 3.05) is 27.9 Å². The molecule has 35 heavy (non-hydrogen) atoms. The van der Waals surface area contributed by atoms with Gasteiger partial charge in [-0.3, -0.25) is 4.79 Å². The Bertz CT molecular complexity index is 1250. The van der Waals surface area contributed by atoms with Crippen molar-refractivity contribution in [3.8, 4) is 34.3 Å². The molecule has 1 fully saturated rings. The molecule has 188 valence electrons. The van der Waals surface area contributed by atoms with E-state index in [0.717, 1.165) is 0 Å². The fraction of sp³-hybridized carbons (Fsp3) is 0.375. The minimum atomic E-state index is -1.66. The molecule has 0 spiro atoms. The second kappa shape index (κ2) is 10.1. The van der Waals surface area contributed by atoms with Crippen LogP contribution in [0, 0.1) is 0 Å². The van der Waals surface area contributed by atoms with E-state index in [1.165, 1.54) is 39.5 Å². The Hall–Kier alpha value is -3.35. The lowest BCUT2D eigenvalue weighted by Crippen LogP contribution is -2.60. The summed E-state index contributed by atoms with van der Waals surface area (Å²) in [5.74, 6) is 1.44. The van der Waals surface area contributed by atoms with Crippen LogP contribution in [0.1, 0.15) is 0 Å². The fourth-order valence-electron chi connectivity index (χ4n) is 3.86. The van der Waals surface area contributed by atoms with Gasteiger partial charge in [0.05, 0.1) is 27.9 Å². The van der Waals surface area contributed by atoms with Gasteiger partial charge in [-0.05, 0) is 18.2 Å². The molecule has 1 aliphatic heterocycles. The van der Waals surface area contributed by atoms with Crippen molar-refractivity contribution in [2.45, 2.75) is 30.7 Å². The SMILES string of the molecule is COc1cc(O[C@@H]2O[C@H](CO)[C@@H](O)[C@H](O)[C@H]2O)c2c(=O)cc(-c3ccc(OC)c(OC)c3)oc2c1. The summed E-state index contributed by atoms with van der Waals surface area (Å²) in [4.78, 5) is 13.2. The van der Waals surface area contributed by atoms with Gasteiger partial charge in [-0.25, -0.2) is 0 Å². The van der Waals surface area contributed by atoms with E-state index in [4.69, 9.17) is 28.1 Å². The van der Waals surface area contributed by atoms with Gasteiger partial charge in [0.25, 0.3) is 0 Å². The zero-order valence-corrected chi connectivity index (χ0v) is 19.2. The predicted octanol–water partition coefficient (Wildman–Crippen LogP) is 0.664. The topological polar surface area (TPSA) is 157 Å². The van der Waals surface area contributed by atoms with Crippen LogP contribution in [-0.2, 0) is 4.74 Å². The molecule has 2 heterocycles. The van der Waals surface area contributed by atoms with E-state index in [0.29, 0.717) is 17.1 Å². The van der Waals surface area contributed by atoms with Crippen molar-refractivity contribution in [3.05, 3.63) is 46.6 Å². The van der Waals surface area contributed by atoms with Crippen molar-refractivity contribution in [1.82, 2.24) is 0 Å². The van der Waals surface area contributed by atoms with Crippen LogP contribution in [0.5, 0.6) is 23.0 Å². The van der Waals surface area contributed by atoms with Crippen molar-refractivity contribution in [3.63, 3.8) is 0 Å². The Labute approximate surface area is 199 Å². The van der Waals surface area contributed by atoms with Crippen molar-refractivity contribution < 1.29 is 48.5 Å². The second-order valence-corrected chi connectivity index (χ2v) is 7.86. The number of hydrogen-bond donors (Lipinski definition) is 4. The maximum Gasteiger partial charge on any atom is 0.229 e. The zero-order valence-electron chi connectivity index (χ0n) is 19.2. The zero-order chi connectivity index (χ0) is 25.3. The number of aliphatic hydroxyl groups excluding tert-OH is 4. The van der Waals surface area contributed by atoms with E-state index in [-0.39, 0.29) is 28.2 Å². The minimum absolute atomic E-state index is 0.0342. The first kappa shape index (κ1) is 24.8. The van der Waals surface area contributed by atoms with E-state index < -0.39 is 42.7 Å². The molecule has 0 radical (unpaired) electrons. The quantitative estimate of drug-likeness (QED) is 0.369. The lowest BCUT2D eigenvalue weighted by Gasteiger charge is -2.39. The Balaban J connectivity index is 1.78. The molecule has 11 nitrogen and oxygen atoms in total. The predicted molar refractivity (Wildman–Crippen MR) is 122 cm³/mol. The van der Waals surface area contributed by atoms with Crippen LogP contribution in [0.3, 0.4) is 0 Å². The van der Waals surface area contributed by atoms with Crippen molar-refractivity contribution in [1.29, 1.82) is 0 Å². The van der Waals surface area contributed by atoms with E-state index in [1.807, 2.05) is 0 Å². The minimum Gasteiger partial charge on any atom is -0.496 e. The molecule has 2 aromatic carbocycles. The number of fused-ring (bicyclic) bond motifs is 1. The molecule has 4 N–H and O–H groups in total. The van der Waals surface area contributed by atoms with Gasteiger partial charge in [-0.2, -0.15) is 0 Å². The molecule has 11 heteroatoms. The van der Waals surface area contributed by atoms with E-state index in [2.05, 4.69) is 0 Å². The summed E-state index contributed by atoms with van der Waals surface area (Å²) in [5.41, 5.74) is 0.223. The van der Waals surface area contributed by atoms with Gasteiger partial charge in [0.1, 0.15) is 52.6 Å². The van der Waals surface area contributed by atoms with Crippen LogP contribution in [-0.4, -0.2) is 79.1 Å². The Morgan fingerprint density at radius 1 is 0.857 bits per heavy atom. The van der Waals surface area contributed by atoms with Gasteiger partial charge in [0, 0.05) is 23.8 Å². The number of rotatable bonds is 7. The fourth-order valence-corrected chi connectivity index (χ4v) is 3.86. The van der Waals surface area contributed by atoms with E-state index in [1.54, 1.807) is 18.2 Å². The summed E-state index contributed by atoms with van der Waals surface area (Å²) < 4.78 is 33.0. The maximum atomic E-state index is 13.2. The number of aliphatic hydroxyl groups is 4. The molecule has 0 bridgehead atoms. The average molecular weight is 490 g/mol. The Morgan fingerprint density at radius 3 is 2.26 bits per heavy atom. The second-order valence-electron chi connectivity index (χ2n) is 7.86. The molecule has 1 saturated heterocycles. The number of ether oxygens (including phenoxy) is 5. The summed E-state index contributed by atoms with van der Waals surface area (Å²) in [7, 11) is 4.41. The molecule has 0 aliphatic carbocycles. The highest BCUT2D eigenvalue weighted by molar-refractivity contribution is 5.86. The first-order valence-corrected chi connectivity index (χ1v) is 10.7. The standard InChI is InChI=1S/C24H26O11/c1-30-12-7-17-20(18(8-12)34-24-23(29)22(28)21(27)19(10-25)35-24)13(26)9-15(33-17)11-4-5-14(31-2)16(6-11)32-3/h4-9,19,21-25,27-29H,10H2,1-3H3/t19-,21-,22+,23-,24-/m1/s1.